The summed E-state index contributed by atoms with van der Waals surface area (Å²) in [6.07, 6.45) is 5.68. The summed E-state index contributed by atoms with van der Waals surface area (Å²) in [6, 6.07) is 13.4. The number of benzene rings is 1. The van der Waals surface area contributed by atoms with Gasteiger partial charge < -0.3 is 14.6 Å². The second kappa shape index (κ2) is 6.98. The van der Waals surface area contributed by atoms with E-state index in [1.54, 1.807) is 16.7 Å². The molecule has 1 aromatic carbocycles. The predicted octanol–water partition coefficient (Wildman–Crippen LogP) is 2.73. The Balaban J connectivity index is 1.26. The van der Waals surface area contributed by atoms with Crippen LogP contribution in [0.4, 0.5) is 0 Å². The summed E-state index contributed by atoms with van der Waals surface area (Å²) in [4.78, 5) is 32.4. The molecule has 2 saturated heterocycles. The number of aromatic nitrogens is 2. The fraction of sp³-hybridized carbons (Fsp3) is 0.286. The molecule has 2 amide bonds. The topological polar surface area (TPSA) is 66.7 Å². The quantitative estimate of drug-likeness (QED) is 0.694. The summed E-state index contributed by atoms with van der Waals surface area (Å²) in [5.41, 5.74) is 2.61. The Kier molecular flexibility index (Phi) is 4.31. The van der Waals surface area contributed by atoms with Crippen molar-refractivity contribution < 1.29 is 9.59 Å². The lowest BCUT2D eigenvalue weighted by Crippen LogP contribution is -2.57. The molecule has 2 fully saturated rings. The van der Waals surface area contributed by atoms with Crippen LogP contribution < -0.4 is 5.32 Å². The van der Waals surface area contributed by atoms with E-state index in [0.717, 1.165) is 34.8 Å². The zero-order chi connectivity index (χ0) is 19.1. The minimum Gasteiger partial charge on any atom is -0.352 e. The third-order valence-electron chi connectivity index (χ3n) is 5.45. The Morgan fingerprint density at radius 2 is 2.04 bits per heavy atom. The molecular formula is C21H20N4O2S. The van der Waals surface area contributed by atoms with Crippen LogP contribution in [0.5, 0.6) is 0 Å². The maximum Gasteiger partial charge on any atom is 0.254 e. The summed E-state index contributed by atoms with van der Waals surface area (Å²) >= 11 is 1.69. The van der Waals surface area contributed by atoms with Crippen molar-refractivity contribution in [1.82, 2.24) is 19.6 Å². The number of rotatable bonds is 4. The third-order valence-corrected chi connectivity index (χ3v) is 6.50. The Hall–Kier alpha value is -2.80. The zero-order valence-electron chi connectivity index (χ0n) is 15.2. The SMILES string of the molecule is O=C1NCC2CCC1N2C(=O)c1ccc(SCc2cn3ccccc3n2)cc1. The van der Waals surface area contributed by atoms with E-state index in [-0.39, 0.29) is 23.9 Å². The zero-order valence-corrected chi connectivity index (χ0v) is 16.1. The number of nitrogens with one attached hydrogen (secondary N) is 1. The average Bonchev–Trinajstić information content (AvgIpc) is 3.29. The number of carbonyl (C=O) groups excluding carboxylic acids is 2. The Morgan fingerprint density at radius 1 is 1.18 bits per heavy atom. The lowest BCUT2D eigenvalue weighted by atomic mass is 10.1. The van der Waals surface area contributed by atoms with Crippen molar-refractivity contribution in [2.24, 2.45) is 0 Å². The summed E-state index contributed by atoms with van der Waals surface area (Å²) in [5, 5.41) is 2.89. The van der Waals surface area contributed by atoms with Gasteiger partial charge in [-0.2, -0.15) is 0 Å². The number of fused-ring (bicyclic) bond motifs is 3. The van der Waals surface area contributed by atoms with E-state index in [1.807, 2.05) is 59.3 Å². The number of amides is 2. The van der Waals surface area contributed by atoms with Crippen LogP contribution in [0.3, 0.4) is 0 Å². The highest BCUT2D eigenvalue weighted by Gasteiger charge is 2.44. The van der Waals surface area contributed by atoms with Gasteiger partial charge in [0.05, 0.1) is 11.7 Å². The van der Waals surface area contributed by atoms with E-state index < -0.39 is 0 Å². The molecule has 4 heterocycles. The molecule has 7 heteroatoms. The van der Waals surface area contributed by atoms with Crippen LogP contribution in [0.1, 0.15) is 28.9 Å². The molecule has 0 saturated carbocycles. The lowest BCUT2D eigenvalue weighted by Gasteiger charge is -2.34. The van der Waals surface area contributed by atoms with Crippen molar-refractivity contribution >= 4 is 29.2 Å². The van der Waals surface area contributed by atoms with Gasteiger partial charge in [0.25, 0.3) is 5.91 Å². The first-order valence-electron chi connectivity index (χ1n) is 9.45. The number of pyridine rings is 1. The van der Waals surface area contributed by atoms with Crippen molar-refractivity contribution in [3.05, 3.63) is 66.1 Å². The highest BCUT2D eigenvalue weighted by Crippen LogP contribution is 2.30. The van der Waals surface area contributed by atoms with Gasteiger partial charge in [0, 0.05) is 35.2 Å². The van der Waals surface area contributed by atoms with Crippen molar-refractivity contribution in [3.63, 3.8) is 0 Å². The maximum atomic E-state index is 12.9. The van der Waals surface area contributed by atoms with E-state index in [2.05, 4.69) is 10.3 Å². The fourth-order valence-electron chi connectivity index (χ4n) is 4.04. The van der Waals surface area contributed by atoms with Crippen LogP contribution >= 0.6 is 11.8 Å². The standard InChI is InChI=1S/C21H20N4O2S/c26-20-18-9-6-16(11-22-20)25(18)21(27)14-4-7-17(8-5-14)28-13-15-12-24-10-2-1-3-19(24)23-15/h1-5,7-8,10,12,16,18H,6,9,11,13H2,(H,22,26). The highest BCUT2D eigenvalue weighted by atomic mass is 32.2. The number of nitrogens with zero attached hydrogens (tertiary/aromatic N) is 3. The molecule has 2 aliphatic heterocycles. The van der Waals surface area contributed by atoms with Gasteiger partial charge in [-0.3, -0.25) is 9.59 Å². The van der Waals surface area contributed by atoms with Gasteiger partial charge in [0.1, 0.15) is 11.7 Å². The van der Waals surface area contributed by atoms with Crippen molar-refractivity contribution in [2.75, 3.05) is 6.54 Å². The Bertz CT molecular complexity index is 1010. The number of hydrogen-bond donors (Lipinski definition) is 1. The number of hydrogen-bond acceptors (Lipinski definition) is 4. The van der Waals surface area contributed by atoms with Gasteiger partial charge in [-0.1, -0.05) is 6.07 Å². The van der Waals surface area contributed by atoms with Gasteiger partial charge >= 0.3 is 0 Å². The second-order valence-corrected chi connectivity index (χ2v) is 8.26. The molecule has 6 nitrogen and oxygen atoms in total. The van der Waals surface area contributed by atoms with Gasteiger partial charge in [0.15, 0.2) is 0 Å². The second-order valence-electron chi connectivity index (χ2n) is 7.22. The average molecular weight is 392 g/mol. The van der Waals surface area contributed by atoms with Crippen LogP contribution in [0, 0.1) is 0 Å². The van der Waals surface area contributed by atoms with E-state index in [9.17, 15) is 9.59 Å². The molecule has 2 unspecified atom stereocenters. The minimum absolute atomic E-state index is 0.0262. The predicted molar refractivity (Wildman–Crippen MR) is 107 cm³/mol. The van der Waals surface area contributed by atoms with Gasteiger partial charge in [-0.05, 0) is 49.2 Å². The van der Waals surface area contributed by atoms with E-state index >= 15 is 0 Å². The van der Waals surface area contributed by atoms with Gasteiger partial charge in [0.2, 0.25) is 5.91 Å². The molecule has 2 aliphatic rings. The molecule has 2 atom stereocenters. The number of carbonyl (C=O) groups is 2. The molecular weight excluding hydrogens is 372 g/mol. The third kappa shape index (κ3) is 3.05. The number of imidazole rings is 1. The van der Waals surface area contributed by atoms with E-state index in [0.29, 0.717) is 12.1 Å². The first kappa shape index (κ1) is 17.3. The van der Waals surface area contributed by atoms with Crippen molar-refractivity contribution in [3.8, 4) is 0 Å². The van der Waals surface area contributed by atoms with Crippen LogP contribution in [0.25, 0.3) is 5.65 Å². The summed E-state index contributed by atoms with van der Waals surface area (Å²) in [6.45, 7) is 0.564. The largest absolute Gasteiger partial charge is 0.352 e. The molecule has 28 heavy (non-hydrogen) atoms. The Labute approximate surface area is 166 Å². The van der Waals surface area contributed by atoms with E-state index in [1.165, 1.54) is 0 Å². The molecule has 2 aromatic heterocycles. The first-order valence-corrected chi connectivity index (χ1v) is 10.4. The summed E-state index contributed by atoms with van der Waals surface area (Å²) in [5.74, 6) is 0.701. The summed E-state index contributed by atoms with van der Waals surface area (Å²) in [7, 11) is 0. The monoisotopic (exact) mass is 392 g/mol. The lowest BCUT2D eigenvalue weighted by molar-refractivity contribution is -0.127. The normalized spacial score (nSPS) is 21.1. The molecule has 0 spiro atoms. The van der Waals surface area contributed by atoms with Crippen LogP contribution in [0.2, 0.25) is 0 Å². The molecule has 3 aromatic rings. The number of piperazine rings is 1. The Morgan fingerprint density at radius 3 is 2.86 bits per heavy atom. The molecule has 0 radical (unpaired) electrons. The number of thioether (sulfide) groups is 1. The van der Waals surface area contributed by atoms with E-state index in [4.69, 9.17) is 0 Å². The van der Waals surface area contributed by atoms with Crippen LogP contribution in [-0.4, -0.2) is 44.7 Å². The molecule has 5 rings (SSSR count). The van der Waals surface area contributed by atoms with Gasteiger partial charge in [-0.25, -0.2) is 4.98 Å². The highest BCUT2D eigenvalue weighted by molar-refractivity contribution is 7.98. The van der Waals surface area contributed by atoms with Crippen molar-refractivity contribution in [2.45, 2.75) is 35.6 Å². The maximum absolute atomic E-state index is 12.9. The first-order chi connectivity index (χ1) is 13.7. The molecule has 2 bridgehead atoms. The van der Waals surface area contributed by atoms with Crippen molar-refractivity contribution in [1.29, 1.82) is 0 Å². The molecule has 1 N–H and O–H groups in total. The molecule has 0 aliphatic carbocycles. The molecule has 142 valence electrons. The van der Waals surface area contributed by atoms with Gasteiger partial charge in [-0.15, -0.1) is 11.8 Å². The van der Waals surface area contributed by atoms with Crippen LogP contribution in [-0.2, 0) is 10.5 Å². The van der Waals surface area contributed by atoms with Crippen LogP contribution in [0.15, 0.2) is 59.8 Å². The fourth-order valence-corrected chi connectivity index (χ4v) is 4.82. The minimum atomic E-state index is -0.310. The smallest absolute Gasteiger partial charge is 0.254 e. The summed E-state index contributed by atoms with van der Waals surface area (Å²) < 4.78 is 2.01.